The molecule has 164 valence electrons. The van der Waals surface area contributed by atoms with Crippen LogP contribution in [0.1, 0.15) is 33.2 Å². The third kappa shape index (κ3) is 4.60. The summed E-state index contributed by atoms with van der Waals surface area (Å²) in [4.78, 5) is 12.8. The molecule has 4 aromatic rings. The van der Waals surface area contributed by atoms with Gasteiger partial charge in [-0.2, -0.15) is 0 Å². The fourth-order valence-electron chi connectivity index (χ4n) is 3.54. The Morgan fingerprint density at radius 2 is 1.88 bits per heavy atom. The molecule has 0 N–H and O–H groups in total. The molecule has 0 aliphatic rings. The van der Waals surface area contributed by atoms with Gasteiger partial charge in [0.1, 0.15) is 11.6 Å². The summed E-state index contributed by atoms with van der Waals surface area (Å²) in [5, 5.41) is 8.43. The maximum Gasteiger partial charge on any atom is 0.277 e. The Balaban J connectivity index is 1.42. The average Bonchev–Trinajstić information content (AvgIpc) is 3.36. The molecular formula is C24H22FN3O3S. The first-order chi connectivity index (χ1) is 15.5. The molecule has 2 aromatic carbocycles. The molecule has 0 atom stereocenters. The smallest absolute Gasteiger partial charge is 0.277 e. The van der Waals surface area contributed by atoms with Gasteiger partial charge in [0.15, 0.2) is 5.78 Å². The predicted molar refractivity (Wildman–Crippen MR) is 120 cm³/mol. The summed E-state index contributed by atoms with van der Waals surface area (Å²) in [6.45, 7) is 3.67. The van der Waals surface area contributed by atoms with Crippen molar-refractivity contribution in [3.8, 4) is 11.4 Å². The summed E-state index contributed by atoms with van der Waals surface area (Å²) < 4.78 is 26.9. The minimum Gasteiger partial charge on any atom is -0.497 e. The highest BCUT2D eigenvalue weighted by molar-refractivity contribution is 7.99. The van der Waals surface area contributed by atoms with E-state index in [2.05, 4.69) is 10.2 Å². The number of aromatic nitrogens is 3. The molecule has 0 unspecified atom stereocenters. The van der Waals surface area contributed by atoms with E-state index in [1.807, 2.05) is 38.1 Å². The molecule has 2 heterocycles. The van der Waals surface area contributed by atoms with Gasteiger partial charge >= 0.3 is 0 Å². The lowest BCUT2D eigenvalue weighted by Crippen LogP contribution is -2.06. The van der Waals surface area contributed by atoms with Crippen LogP contribution in [0.25, 0.3) is 5.69 Å². The van der Waals surface area contributed by atoms with Crippen molar-refractivity contribution in [3.05, 3.63) is 88.8 Å². The molecule has 2 aromatic heterocycles. The minimum atomic E-state index is -0.335. The Morgan fingerprint density at radius 3 is 2.59 bits per heavy atom. The van der Waals surface area contributed by atoms with E-state index in [9.17, 15) is 9.18 Å². The molecule has 0 radical (unpaired) electrons. The number of hydrogen-bond acceptors (Lipinski definition) is 6. The summed E-state index contributed by atoms with van der Waals surface area (Å²) >= 11 is 1.19. The molecule has 0 fully saturated rings. The number of Topliss-reactive ketones (excluding diaryl/α,β-unsaturated/α-hetero) is 1. The molecule has 0 saturated heterocycles. The Labute approximate surface area is 189 Å². The molecule has 32 heavy (non-hydrogen) atoms. The fourth-order valence-corrected chi connectivity index (χ4v) is 4.20. The largest absolute Gasteiger partial charge is 0.497 e. The van der Waals surface area contributed by atoms with Gasteiger partial charge in [-0.3, -0.25) is 4.79 Å². The number of thioether (sulfide) groups is 1. The Morgan fingerprint density at radius 1 is 1.12 bits per heavy atom. The number of carbonyl (C=O) groups excluding carboxylic acids is 1. The van der Waals surface area contributed by atoms with Crippen molar-refractivity contribution >= 4 is 17.5 Å². The second-order valence-corrected chi connectivity index (χ2v) is 8.20. The van der Waals surface area contributed by atoms with Gasteiger partial charge in [-0.25, -0.2) is 4.39 Å². The van der Waals surface area contributed by atoms with Gasteiger partial charge in [0, 0.05) is 17.0 Å². The van der Waals surface area contributed by atoms with E-state index >= 15 is 0 Å². The van der Waals surface area contributed by atoms with E-state index < -0.39 is 0 Å². The van der Waals surface area contributed by atoms with Crippen LogP contribution in [0.15, 0.2) is 64.2 Å². The number of nitrogens with zero attached hydrogens (tertiary/aromatic N) is 3. The highest BCUT2D eigenvalue weighted by Crippen LogP contribution is 2.25. The van der Waals surface area contributed by atoms with Gasteiger partial charge < -0.3 is 13.7 Å². The lowest BCUT2D eigenvalue weighted by molar-refractivity contribution is 0.102. The zero-order valence-electron chi connectivity index (χ0n) is 18.0. The highest BCUT2D eigenvalue weighted by atomic mass is 32.2. The number of rotatable bonds is 8. The maximum absolute atomic E-state index is 14.3. The number of carbonyl (C=O) groups is 1. The monoisotopic (exact) mass is 451 g/mol. The molecule has 0 amide bonds. The third-order valence-electron chi connectivity index (χ3n) is 5.11. The zero-order chi connectivity index (χ0) is 22.7. The second kappa shape index (κ2) is 9.40. The Kier molecular flexibility index (Phi) is 6.41. The molecule has 0 saturated carbocycles. The van der Waals surface area contributed by atoms with Crippen LogP contribution in [0.5, 0.6) is 5.75 Å². The van der Waals surface area contributed by atoms with Crippen LogP contribution in [0.4, 0.5) is 4.39 Å². The number of benzene rings is 2. The molecule has 0 spiro atoms. The normalized spacial score (nSPS) is 11.0. The number of ether oxygens (including phenoxy) is 1. The van der Waals surface area contributed by atoms with Crippen molar-refractivity contribution in [2.45, 2.75) is 25.5 Å². The summed E-state index contributed by atoms with van der Waals surface area (Å²) in [5.74, 6) is 0.982. The standard InChI is InChI=1S/C24H22FN3O3S/c1-15-12-19(16(2)28(15)21-7-5-4-6-20(21)25)22(29)14-32-24-27-26-23(31-24)13-17-8-10-18(30-3)11-9-17/h4-12H,13-14H2,1-3H3. The molecule has 4 rings (SSSR count). The molecule has 6 nitrogen and oxygen atoms in total. The number of ketones is 1. The van der Waals surface area contributed by atoms with Crippen LogP contribution in [0.3, 0.4) is 0 Å². The summed E-state index contributed by atoms with van der Waals surface area (Å²) in [6.07, 6.45) is 0.495. The summed E-state index contributed by atoms with van der Waals surface area (Å²) in [5.41, 5.74) is 3.48. The highest BCUT2D eigenvalue weighted by Gasteiger charge is 2.19. The van der Waals surface area contributed by atoms with Crippen LogP contribution in [0, 0.1) is 19.7 Å². The molecule has 0 aliphatic carbocycles. The lowest BCUT2D eigenvalue weighted by Gasteiger charge is -2.10. The van der Waals surface area contributed by atoms with Gasteiger partial charge in [-0.05, 0) is 49.7 Å². The van der Waals surface area contributed by atoms with E-state index in [-0.39, 0.29) is 17.4 Å². The number of halogens is 1. The number of methoxy groups -OCH3 is 1. The number of para-hydroxylation sites is 1. The molecule has 8 heteroatoms. The van der Waals surface area contributed by atoms with Gasteiger partial charge in [-0.1, -0.05) is 36.0 Å². The van der Waals surface area contributed by atoms with Crippen molar-refractivity contribution in [3.63, 3.8) is 0 Å². The van der Waals surface area contributed by atoms with Crippen LogP contribution in [-0.4, -0.2) is 33.4 Å². The van der Waals surface area contributed by atoms with E-state index in [0.29, 0.717) is 34.5 Å². The Bertz CT molecular complexity index is 1250. The van der Waals surface area contributed by atoms with Gasteiger partial charge in [0.05, 0.1) is 25.0 Å². The van der Waals surface area contributed by atoms with E-state index in [1.54, 1.807) is 35.9 Å². The van der Waals surface area contributed by atoms with Crippen molar-refractivity contribution in [2.75, 3.05) is 12.9 Å². The topological polar surface area (TPSA) is 70.2 Å². The van der Waals surface area contributed by atoms with Crippen molar-refractivity contribution in [1.29, 1.82) is 0 Å². The van der Waals surface area contributed by atoms with E-state index in [4.69, 9.17) is 9.15 Å². The first-order valence-corrected chi connectivity index (χ1v) is 11.0. The van der Waals surface area contributed by atoms with Crippen LogP contribution in [-0.2, 0) is 6.42 Å². The van der Waals surface area contributed by atoms with Crippen molar-refractivity contribution in [2.24, 2.45) is 0 Å². The van der Waals surface area contributed by atoms with Crippen molar-refractivity contribution < 1.29 is 18.3 Å². The molecule has 0 aliphatic heterocycles. The first kappa shape index (κ1) is 21.8. The SMILES string of the molecule is COc1ccc(Cc2nnc(SCC(=O)c3cc(C)n(-c4ccccc4F)c3C)o2)cc1. The average molecular weight is 452 g/mol. The van der Waals surface area contributed by atoms with E-state index in [0.717, 1.165) is 17.0 Å². The first-order valence-electron chi connectivity index (χ1n) is 10.0. The molecular weight excluding hydrogens is 429 g/mol. The zero-order valence-corrected chi connectivity index (χ0v) is 18.8. The number of hydrogen-bond donors (Lipinski definition) is 0. The quantitative estimate of drug-likeness (QED) is 0.271. The molecule has 0 bridgehead atoms. The second-order valence-electron chi connectivity index (χ2n) is 7.27. The number of aryl methyl sites for hydroxylation is 1. The van der Waals surface area contributed by atoms with Gasteiger partial charge in [-0.15, -0.1) is 10.2 Å². The predicted octanol–water partition coefficient (Wildman–Crippen LogP) is 5.19. The van der Waals surface area contributed by atoms with Gasteiger partial charge in [0.2, 0.25) is 5.89 Å². The summed E-state index contributed by atoms with van der Waals surface area (Å²) in [7, 11) is 1.62. The minimum absolute atomic E-state index is 0.0828. The van der Waals surface area contributed by atoms with Gasteiger partial charge in [0.25, 0.3) is 5.22 Å². The van der Waals surface area contributed by atoms with Crippen LogP contribution < -0.4 is 4.74 Å². The van der Waals surface area contributed by atoms with E-state index in [1.165, 1.54) is 17.8 Å². The summed E-state index contributed by atoms with van der Waals surface area (Å²) in [6, 6.07) is 15.9. The Hall–Kier alpha value is -3.39. The van der Waals surface area contributed by atoms with Crippen LogP contribution >= 0.6 is 11.8 Å². The van der Waals surface area contributed by atoms with Crippen molar-refractivity contribution in [1.82, 2.24) is 14.8 Å². The third-order valence-corrected chi connectivity index (χ3v) is 5.93. The fraction of sp³-hybridized carbons (Fsp3) is 0.208. The van der Waals surface area contributed by atoms with Crippen LogP contribution in [0.2, 0.25) is 0 Å². The lowest BCUT2D eigenvalue weighted by atomic mass is 10.1. The maximum atomic E-state index is 14.3.